The van der Waals surface area contributed by atoms with Gasteiger partial charge in [-0.2, -0.15) is 0 Å². The summed E-state index contributed by atoms with van der Waals surface area (Å²) in [4.78, 5) is 77.0. The Morgan fingerprint density at radius 3 is 2.33 bits per heavy atom. The van der Waals surface area contributed by atoms with Crippen LogP contribution in [0.1, 0.15) is 43.6 Å². The number of carbonyl (C=O) groups is 5. The number of benzene rings is 1. The maximum atomic E-state index is 13.4. The van der Waals surface area contributed by atoms with Gasteiger partial charge in [0.25, 0.3) is 5.91 Å². The SMILES string of the molecule is CCOC(=O)CCSc1cc(C(=O)N[C@@H](CCC(=O)O)C(=O)N2CCN(OC(=O)OCC)CC2)nc(-c2ccccc2)n1. The van der Waals surface area contributed by atoms with Crippen LogP contribution < -0.4 is 5.32 Å². The summed E-state index contributed by atoms with van der Waals surface area (Å²) in [6, 6.07) is 9.33. The van der Waals surface area contributed by atoms with Crippen molar-refractivity contribution in [1.29, 1.82) is 0 Å². The van der Waals surface area contributed by atoms with Gasteiger partial charge in [0.1, 0.15) is 16.8 Å². The molecule has 43 heavy (non-hydrogen) atoms. The van der Waals surface area contributed by atoms with E-state index in [0.717, 1.165) is 0 Å². The van der Waals surface area contributed by atoms with Gasteiger partial charge in [0.2, 0.25) is 5.91 Å². The molecule has 1 aliphatic rings. The Hall–Kier alpha value is -4.24. The molecule has 2 N–H and O–H groups in total. The number of hydrogen-bond acceptors (Lipinski definition) is 12. The van der Waals surface area contributed by atoms with Crippen LogP contribution in [0, 0.1) is 0 Å². The number of aliphatic carboxylic acids is 1. The van der Waals surface area contributed by atoms with Crippen molar-refractivity contribution in [2.45, 2.75) is 44.2 Å². The second-order valence-electron chi connectivity index (χ2n) is 9.17. The molecule has 232 valence electrons. The summed E-state index contributed by atoms with van der Waals surface area (Å²) in [7, 11) is 0. The lowest BCUT2D eigenvalue weighted by Gasteiger charge is -2.35. The Morgan fingerprint density at radius 1 is 0.977 bits per heavy atom. The summed E-state index contributed by atoms with van der Waals surface area (Å²) in [5.41, 5.74) is 0.638. The Kier molecular flexibility index (Phi) is 13.2. The summed E-state index contributed by atoms with van der Waals surface area (Å²) >= 11 is 1.25. The summed E-state index contributed by atoms with van der Waals surface area (Å²) < 4.78 is 9.73. The molecule has 0 aliphatic carbocycles. The molecule has 1 fully saturated rings. The number of carboxylic acids is 1. The van der Waals surface area contributed by atoms with Gasteiger partial charge < -0.3 is 29.6 Å². The van der Waals surface area contributed by atoms with Crippen LogP contribution in [0.25, 0.3) is 11.4 Å². The molecule has 14 nitrogen and oxygen atoms in total. The molecule has 0 radical (unpaired) electrons. The van der Waals surface area contributed by atoms with E-state index in [1.165, 1.54) is 27.8 Å². The molecule has 1 aromatic carbocycles. The third-order valence-electron chi connectivity index (χ3n) is 6.10. The van der Waals surface area contributed by atoms with Crippen LogP contribution in [0.2, 0.25) is 0 Å². The largest absolute Gasteiger partial charge is 0.527 e. The van der Waals surface area contributed by atoms with E-state index in [1.807, 2.05) is 6.07 Å². The van der Waals surface area contributed by atoms with Crippen LogP contribution in [-0.2, 0) is 28.7 Å². The number of thioether (sulfide) groups is 1. The minimum atomic E-state index is -1.14. The molecule has 15 heteroatoms. The van der Waals surface area contributed by atoms with Crippen molar-refractivity contribution in [2.24, 2.45) is 0 Å². The average Bonchev–Trinajstić information content (AvgIpc) is 2.99. The molecule has 0 saturated carbocycles. The molecule has 0 bridgehead atoms. The highest BCUT2D eigenvalue weighted by Gasteiger charge is 2.31. The number of hydrogen-bond donors (Lipinski definition) is 2. The fourth-order valence-corrected chi connectivity index (χ4v) is 4.85. The van der Waals surface area contributed by atoms with Crippen LogP contribution in [0.15, 0.2) is 41.4 Å². The monoisotopic (exact) mass is 617 g/mol. The van der Waals surface area contributed by atoms with Gasteiger partial charge in [-0.15, -0.1) is 16.8 Å². The first-order chi connectivity index (χ1) is 20.7. The number of aromatic nitrogens is 2. The summed E-state index contributed by atoms with van der Waals surface area (Å²) in [5.74, 6) is -1.98. The van der Waals surface area contributed by atoms with Crippen molar-refractivity contribution in [3.63, 3.8) is 0 Å². The number of rotatable bonds is 14. The predicted molar refractivity (Wildman–Crippen MR) is 154 cm³/mol. The summed E-state index contributed by atoms with van der Waals surface area (Å²) in [6.07, 6.45) is -1.19. The van der Waals surface area contributed by atoms with Gasteiger partial charge in [-0.1, -0.05) is 30.3 Å². The van der Waals surface area contributed by atoms with E-state index in [1.54, 1.807) is 38.1 Å². The zero-order valence-corrected chi connectivity index (χ0v) is 24.8. The standard InChI is InChI=1S/C28H35N5O9S/c1-3-40-24(36)12-17-43-22-18-21(29-25(31-22)19-8-6-5-7-9-19)26(37)30-20(10-11-23(34)35)27(38)32-13-15-33(16-14-32)42-28(39)41-4-2/h5-9,18,20H,3-4,10-17H2,1-2H3,(H,30,37)(H,34,35)/t20-/m0/s1. The molecule has 1 aromatic heterocycles. The number of ether oxygens (including phenoxy) is 2. The van der Waals surface area contributed by atoms with Crippen molar-refractivity contribution >= 4 is 41.7 Å². The highest BCUT2D eigenvalue weighted by Crippen LogP contribution is 2.23. The maximum absolute atomic E-state index is 13.4. The molecule has 0 spiro atoms. The number of nitrogens with one attached hydrogen (secondary N) is 1. The lowest BCUT2D eigenvalue weighted by atomic mass is 10.1. The van der Waals surface area contributed by atoms with Crippen LogP contribution in [0.5, 0.6) is 0 Å². The number of carbonyl (C=O) groups excluding carboxylic acids is 4. The Labute approximate surface area is 253 Å². The van der Waals surface area contributed by atoms with Gasteiger partial charge >= 0.3 is 18.1 Å². The van der Waals surface area contributed by atoms with Crippen molar-refractivity contribution in [1.82, 2.24) is 25.2 Å². The number of hydroxylamine groups is 2. The number of esters is 1. The quantitative estimate of drug-likeness (QED) is 0.180. The third kappa shape index (κ3) is 10.8. The van der Waals surface area contributed by atoms with E-state index >= 15 is 0 Å². The zero-order chi connectivity index (χ0) is 31.2. The number of nitrogens with zero attached hydrogens (tertiary/aromatic N) is 4. The fraction of sp³-hybridized carbons (Fsp3) is 0.464. The highest BCUT2D eigenvalue weighted by molar-refractivity contribution is 7.99. The smallest absolute Gasteiger partial charge is 0.481 e. The minimum Gasteiger partial charge on any atom is -0.481 e. The molecule has 2 aromatic rings. The first-order valence-electron chi connectivity index (χ1n) is 13.8. The van der Waals surface area contributed by atoms with E-state index in [-0.39, 0.29) is 76.1 Å². The van der Waals surface area contributed by atoms with Gasteiger partial charge in [0.15, 0.2) is 5.82 Å². The number of amides is 2. The van der Waals surface area contributed by atoms with Gasteiger partial charge in [0.05, 0.1) is 32.7 Å². The van der Waals surface area contributed by atoms with E-state index in [0.29, 0.717) is 16.3 Å². The number of piperazine rings is 1. The van der Waals surface area contributed by atoms with E-state index in [9.17, 15) is 29.1 Å². The zero-order valence-electron chi connectivity index (χ0n) is 24.0. The molecular weight excluding hydrogens is 582 g/mol. The Morgan fingerprint density at radius 2 is 1.67 bits per heavy atom. The predicted octanol–water partition coefficient (Wildman–Crippen LogP) is 2.38. The summed E-state index contributed by atoms with van der Waals surface area (Å²) in [5, 5.41) is 13.7. The second kappa shape index (κ2) is 17.0. The van der Waals surface area contributed by atoms with Gasteiger partial charge in [0, 0.05) is 36.9 Å². The van der Waals surface area contributed by atoms with Crippen LogP contribution in [0.3, 0.4) is 0 Å². The van der Waals surface area contributed by atoms with Crippen molar-refractivity contribution in [3.05, 3.63) is 42.1 Å². The third-order valence-corrected chi connectivity index (χ3v) is 7.01. The van der Waals surface area contributed by atoms with Crippen LogP contribution in [0.4, 0.5) is 4.79 Å². The maximum Gasteiger partial charge on any atom is 0.527 e. The molecule has 1 atom stereocenters. The molecule has 0 unspecified atom stereocenters. The second-order valence-corrected chi connectivity index (χ2v) is 10.3. The van der Waals surface area contributed by atoms with E-state index < -0.39 is 30.0 Å². The molecule has 3 rings (SSSR count). The van der Waals surface area contributed by atoms with Crippen molar-refractivity contribution in [3.8, 4) is 11.4 Å². The fourth-order valence-electron chi connectivity index (χ4n) is 4.03. The topological polar surface area (TPSA) is 178 Å². The van der Waals surface area contributed by atoms with Gasteiger partial charge in [-0.05, 0) is 20.3 Å². The lowest BCUT2D eigenvalue weighted by molar-refractivity contribution is -0.157. The normalized spacial score (nSPS) is 14.0. The average molecular weight is 618 g/mol. The Bertz CT molecular complexity index is 1270. The minimum absolute atomic E-state index is 0.0201. The van der Waals surface area contributed by atoms with E-state index in [4.69, 9.17) is 14.3 Å². The van der Waals surface area contributed by atoms with Crippen molar-refractivity contribution in [2.75, 3.05) is 45.1 Å². The molecule has 1 aliphatic heterocycles. The number of carboxylic acid groups (broad SMARTS) is 1. The van der Waals surface area contributed by atoms with Crippen molar-refractivity contribution < 1.29 is 43.4 Å². The highest BCUT2D eigenvalue weighted by atomic mass is 32.2. The Balaban J connectivity index is 1.76. The van der Waals surface area contributed by atoms with Gasteiger partial charge in [-0.3, -0.25) is 19.2 Å². The first-order valence-corrected chi connectivity index (χ1v) is 14.8. The molecular formula is C28H35N5O9S. The molecule has 2 amide bonds. The van der Waals surface area contributed by atoms with Gasteiger partial charge in [-0.25, -0.2) is 14.8 Å². The van der Waals surface area contributed by atoms with Crippen LogP contribution >= 0.6 is 11.8 Å². The molecule has 1 saturated heterocycles. The molecule has 2 heterocycles. The lowest BCUT2D eigenvalue weighted by Crippen LogP contribution is -2.55. The van der Waals surface area contributed by atoms with Crippen LogP contribution in [-0.4, -0.2) is 106 Å². The van der Waals surface area contributed by atoms with E-state index in [2.05, 4.69) is 15.3 Å². The first kappa shape index (κ1) is 33.3. The summed E-state index contributed by atoms with van der Waals surface area (Å²) in [6.45, 7) is 4.61.